The molecular weight excluding hydrogens is 424 g/mol. The second-order valence-corrected chi connectivity index (χ2v) is 10.0. The number of hydrogen-bond acceptors (Lipinski definition) is 7. The van der Waals surface area contributed by atoms with Crippen molar-refractivity contribution in [1.29, 1.82) is 0 Å². The first-order valence-corrected chi connectivity index (χ1v) is 12.6. The molecular formula is C24H30N4O3S. The minimum atomic E-state index is 0.268. The van der Waals surface area contributed by atoms with E-state index in [2.05, 4.69) is 21.2 Å². The lowest BCUT2D eigenvalue weighted by atomic mass is 9.93. The van der Waals surface area contributed by atoms with Crippen LogP contribution in [0.1, 0.15) is 61.2 Å². The summed E-state index contributed by atoms with van der Waals surface area (Å²) in [5, 5.41) is 5.33. The van der Waals surface area contributed by atoms with E-state index >= 15 is 0 Å². The highest BCUT2D eigenvalue weighted by atomic mass is 32.1. The molecule has 8 heteroatoms. The Morgan fingerprint density at radius 1 is 1.09 bits per heavy atom. The predicted octanol–water partition coefficient (Wildman–Crippen LogP) is 4.38. The molecule has 170 valence electrons. The van der Waals surface area contributed by atoms with Crippen LogP contribution in [0.15, 0.2) is 28.8 Å². The zero-order valence-electron chi connectivity index (χ0n) is 18.4. The second-order valence-electron chi connectivity index (χ2n) is 8.89. The van der Waals surface area contributed by atoms with Crippen LogP contribution in [0.25, 0.3) is 10.2 Å². The van der Waals surface area contributed by atoms with E-state index in [4.69, 9.17) is 9.26 Å². The van der Waals surface area contributed by atoms with Crippen LogP contribution in [0.2, 0.25) is 0 Å². The molecule has 0 N–H and O–H groups in total. The number of benzene rings is 1. The Morgan fingerprint density at radius 3 is 2.72 bits per heavy atom. The van der Waals surface area contributed by atoms with Crippen molar-refractivity contribution < 1.29 is 14.1 Å². The van der Waals surface area contributed by atoms with Crippen LogP contribution in [-0.2, 0) is 22.4 Å². The number of ether oxygens (including phenoxy) is 1. The summed E-state index contributed by atoms with van der Waals surface area (Å²) >= 11 is 1.73. The number of amides is 1. The average Bonchev–Trinajstić information content (AvgIpc) is 3.47. The van der Waals surface area contributed by atoms with Crippen LogP contribution in [-0.4, -0.2) is 52.2 Å². The fraction of sp³-hybridized carbons (Fsp3) is 0.583. The number of piperidine rings is 1. The third-order valence-corrected chi connectivity index (χ3v) is 7.72. The van der Waals surface area contributed by atoms with Crippen molar-refractivity contribution in [3.8, 4) is 0 Å². The lowest BCUT2D eigenvalue weighted by Gasteiger charge is -2.31. The van der Waals surface area contributed by atoms with E-state index < -0.39 is 0 Å². The number of rotatable bonds is 7. The molecule has 1 amide bonds. The van der Waals surface area contributed by atoms with Gasteiger partial charge < -0.3 is 14.2 Å². The summed E-state index contributed by atoms with van der Waals surface area (Å²) in [5.41, 5.74) is 1.06. The standard InChI is InChI=1S/C24H30N4O3S/c29-23(7-3-6-22-25-19-4-1-2-5-20(19)32-22)28-12-8-17(9-13-28)16-21-26-24(27-31-21)18-10-14-30-15-11-18/h1-2,4-5,17-18H,3,6-16H2. The summed E-state index contributed by atoms with van der Waals surface area (Å²) in [7, 11) is 0. The van der Waals surface area contributed by atoms with Gasteiger partial charge in [-0.2, -0.15) is 4.98 Å². The number of hydrogen-bond donors (Lipinski definition) is 0. The smallest absolute Gasteiger partial charge is 0.226 e. The van der Waals surface area contributed by atoms with Crippen molar-refractivity contribution in [2.75, 3.05) is 26.3 Å². The first kappa shape index (κ1) is 21.5. The third-order valence-electron chi connectivity index (χ3n) is 6.62. The van der Waals surface area contributed by atoms with E-state index in [0.29, 0.717) is 18.3 Å². The summed E-state index contributed by atoms with van der Waals surface area (Å²) in [5.74, 6) is 2.72. The number of aromatic nitrogens is 3. The lowest BCUT2D eigenvalue weighted by molar-refractivity contribution is -0.132. The van der Waals surface area contributed by atoms with E-state index in [0.717, 1.165) is 93.5 Å². The van der Waals surface area contributed by atoms with E-state index in [9.17, 15) is 4.79 Å². The molecule has 2 aromatic heterocycles. The molecule has 5 rings (SSSR count). The molecule has 2 fully saturated rings. The molecule has 3 aromatic rings. The number of aryl methyl sites for hydroxylation is 1. The minimum Gasteiger partial charge on any atom is -0.381 e. The van der Waals surface area contributed by atoms with Gasteiger partial charge in [0.1, 0.15) is 0 Å². The Kier molecular flexibility index (Phi) is 6.78. The number of thiazole rings is 1. The molecule has 1 aromatic carbocycles. The highest BCUT2D eigenvalue weighted by Crippen LogP contribution is 2.27. The molecule has 2 aliphatic heterocycles. The fourth-order valence-electron chi connectivity index (χ4n) is 4.68. The summed E-state index contributed by atoms with van der Waals surface area (Å²) in [4.78, 5) is 24.0. The van der Waals surface area contributed by atoms with E-state index in [1.165, 1.54) is 4.70 Å². The van der Waals surface area contributed by atoms with Gasteiger partial charge in [0.2, 0.25) is 11.8 Å². The maximum Gasteiger partial charge on any atom is 0.226 e. The van der Waals surface area contributed by atoms with Crippen LogP contribution >= 0.6 is 11.3 Å². The van der Waals surface area contributed by atoms with Gasteiger partial charge in [-0.25, -0.2) is 4.98 Å². The highest BCUT2D eigenvalue weighted by molar-refractivity contribution is 7.18. The zero-order chi connectivity index (χ0) is 21.8. The first-order valence-electron chi connectivity index (χ1n) is 11.8. The zero-order valence-corrected chi connectivity index (χ0v) is 19.2. The van der Waals surface area contributed by atoms with Gasteiger partial charge in [-0.1, -0.05) is 17.3 Å². The SMILES string of the molecule is O=C(CCCc1nc2ccccc2s1)N1CCC(Cc2nc(C3CCOCC3)no2)CC1. The van der Waals surface area contributed by atoms with Crippen molar-refractivity contribution in [3.63, 3.8) is 0 Å². The predicted molar refractivity (Wildman–Crippen MR) is 123 cm³/mol. The van der Waals surface area contributed by atoms with Gasteiger partial charge in [-0.15, -0.1) is 11.3 Å². The van der Waals surface area contributed by atoms with Crippen LogP contribution in [0.4, 0.5) is 0 Å². The molecule has 2 saturated heterocycles. The van der Waals surface area contributed by atoms with Crippen molar-refractivity contribution >= 4 is 27.5 Å². The van der Waals surface area contributed by atoms with Gasteiger partial charge in [0.05, 0.1) is 15.2 Å². The number of fused-ring (bicyclic) bond motifs is 1. The molecule has 2 aliphatic rings. The van der Waals surface area contributed by atoms with Gasteiger partial charge in [0.25, 0.3) is 0 Å². The molecule has 0 bridgehead atoms. The Balaban J connectivity index is 1.04. The quantitative estimate of drug-likeness (QED) is 0.527. The average molecular weight is 455 g/mol. The number of carbonyl (C=O) groups is 1. The Bertz CT molecular complexity index is 1000. The fourth-order valence-corrected chi connectivity index (χ4v) is 5.69. The second kappa shape index (κ2) is 10.1. The van der Waals surface area contributed by atoms with Crippen molar-refractivity contribution in [1.82, 2.24) is 20.0 Å². The third kappa shape index (κ3) is 5.18. The number of nitrogens with zero attached hydrogens (tertiary/aromatic N) is 4. The van der Waals surface area contributed by atoms with Gasteiger partial charge >= 0.3 is 0 Å². The number of para-hydroxylation sites is 1. The molecule has 32 heavy (non-hydrogen) atoms. The normalized spacial score (nSPS) is 18.4. The van der Waals surface area contributed by atoms with Crippen LogP contribution in [0.3, 0.4) is 0 Å². The van der Waals surface area contributed by atoms with Gasteiger partial charge in [0.15, 0.2) is 5.82 Å². The lowest BCUT2D eigenvalue weighted by Crippen LogP contribution is -2.38. The molecule has 0 aliphatic carbocycles. The van der Waals surface area contributed by atoms with Crippen molar-refractivity contribution in [2.45, 2.75) is 57.3 Å². The molecule has 0 radical (unpaired) electrons. The Morgan fingerprint density at radius 2 is 1.91 bits per heavy atom. The van der Waals surface area contributed by atoms with E-state index in [-0.39, 0.29) is 5.91 Å². The molecule has 0 atom stereocenters. The van der Waals surface area contributed by atoms with Crippen molar-refractivity contribution in [3.05, 3.63) is 41.0 Å². The molecule has 0 spiro atoms. The number of carbonyl (C=O) groups excluding carboxylic acids is 1. The summed E-state index contributed by atoms with van der Waals surface area (Å²) in [6.45, 7) is 3.21. The Hall–Kier alpha value is -2.32. The van der Waals surface area contributed by atoms with Crippen LogP contribution in [0.5, 0.6) is 0 Å². The molecule has 7 nitrogen and oxygen atoms in total. The first-order chi connectivity index (χ1) is 15.7. The minimum absolute atomic E-state index is 0.268. The van der Waals surface area contributed by atoms with Crippen LogP contribution in [0, 0.1) is 5.92 Å². The molecule has 0 saturated carbocycles. The summed E-state index contributed by atoms with van der Waals surface area (Å²) < 4.78 is 12.2. The topological polar surface area (TPSA) is 81.4 Å². The van der Waals surface area contributed by atoms with Gasteiger partial charge in [-0.05, 0) is 56.6 Å². The number of likely N-dealkylation sites (tertiary alicyclic amines) is 1. The maximum absolute atomic E-state index is 12.7. The monoisotopic (exact) mass is 454 g/mol. The van der Waals surface area contributed by atoms with Gasteiger partial charge in [0, 0.05) is 45.1 Å². The van der Waals surface area contributed by atoms with Crippen molar-refractivity contribution in [2.24, 2.45) is 5.92 Å². The van der Waals surface area contributed by atoms with Gasteiger partial charge in [-0.3, -0.25) is 4.79 Å². The molecule has 0 unspecified atom stereocenters. The maximum atomic E-state index is 12.7. The largest absolute Gasteiger partial charge is 0.381 e. The van der Waals surface area contributed by atoms with E-state index in [1.54, 1.807) is 11.3 Å². The Labute approximate surface area is 192 Å². The highest BCUT2D eigenvalue weighted by Gasteiger charge is 2.26. The summed E-state index contributed by atoms with van der Waals surface area (Å²) in [6.07, 6.45) is 7.08. The van der Waals surface area contributed by atoms with E-state index in [1.807, 2.05) is 23.1 Å². The molecule has 4 heterocycles. The van der Waals surface area contributed by atoms with Crippen LogP contribution < -0.4 is 0 Å². The summed E-state index contributed by atoms with van der Waals surface area (Å²) in [6, 6.07) is 8.21.